The molecule has 1 aliphatic rings. The van der Waals surface area contributed by atoms with Crippen LogP contribution in [0.1, 0.15) is 5.56 Å². The van der Waals surface area contributed by atoms with E-state index in [-0.39, 0.29) is 0 Å². The smallest absolute Gasteiger partial charge is 0.0449 e. The van der Waals surface area contributed by atoms with Crippen molar-refractivity contribution in [1.82, 2.24) is 14.8 Å². The van der Waals surface area contributed by atoms with E-state index in [1.807, 2.05) is 0 Å². The second-order valence-corrected chi connectivity index (χ2v) is 4.78. The summed E-state index contributed by atoms with van der Waals surface area (Å²) >= 11 is 0. The molecule has 1 N–H and O–H groups in total. The normalized spacial score (nSPS) is 16.9. The Labute approximate surface area is 108 Å². The zero-order chi connectivity index (χ0) is 12.2. The van der Waals surface area contributed by atoms with Crippen LogP contribution in [0.25, 0.3) is 5.69 Å². The Morgan fingerprint density at radius 2 is 1.61 bits per heavy atom. The molecule has 0 saturated carbocycles. The standard InChI is InChI=1S/C15H19N3/c1-2-10-18(9-1)15-5-3-14(4-6-15)13-17-11-7-16-8-12-17/h1-6,9-10,16H,7-8,11-13H2. The van der Waals surface area contributed by atoms with Crippen molar-refractivity contribution in [2.45, 2.75) is 6.54 Å². The van der Waals surface area contributed by atoms with E-state index in [1.54, 1.807) is 0 Å². The van der Waals surface area contributed by atoms with Crippen molar-refractivity contribution in [2.75, 3.05) is 26.2 Å². The fourth-order valence-corrected chi connectivity index (χ4v) is 2.41. The van der Waals surface area contributed by atoms with E-state index in [1.165, 1.54) is 11.3 Å². The van der Waals surface area contributed by atoms with Gasteiger partial charge in [0.25, 0.3) is 0 Å². The van der Waals surface area contributed by atoms with Gasteiger partial charge in [-0.25, -0.2) is 0 Å². The molecule has 1 aromatic heterocycles. The van der Waals surface area contributed by atoms with Crippen LogP contribution in [0, 0.1) is 0 Å². The summed E-state index contributed by atoms with van der Waals surface area (Å²) in [5, 5.41) is 3.38. The van der Waals surface area contributed by atoms with E-state index in [0.29, 0.717) is 0 Å². The highest BCUT2D eigenvalue weighted by Gasteiger charge is 2.09. The van der Waals surface area contributed by atoms with Gasteiger partial charge in [-0.1, -0.05) is 12.1 Å². The van der Waals surface area contributed by atoms with Gasteiger partial charge in [-0.15, -0.1) is 0 Å². The molecule has 3 heteroatoms. The van der Waals surface area contributed by atoms with Gasteiger partial charge in [0.15, 0.2) is 0 Å². The molecule has 0 unspecified atom stereocenters. The van der Waals surface area contributed by atoms with Crippen LogP contribution in [0.3, 0.4) is 0 Å². The van der Waals surface area contributed by atoms with Crippen LogP contribution < -0.4 is 5.32 Å². The summed E-state index contributed by atoms with van der Waals surface area (Å²) in [6.45, 7) is 5.59. The highest BCUT2D eigenvalue weighted by Crippen LogP contribution is 2.12. The van der Waals surface area contributed by atoms with Crippen molar-refractivity contribution >= 4 is 0 Å². The first kappa shape index (κ1) is 11.5. The second kappa shape index (κ2) is 5.38. The zero-order valence-electron chi connectivity index (χ0n) is 10.5. The number of hydrogen-bond donors (Lipinski definition) is 1. The minimum Gasteiger partial charge on any atom is -0.324 e. The maximum Gasteiger partial charge on any atom is 0.0449 e. The number of nitrogens with zero attached hydrogens (tertiary/aromatic N) is 2. The Balaban J connectivity index is 1.67. The number of aromatic nitrogens is 1. The van der Waals surface area contributed by atoms with Crippen molar-refractivity contribution in [3.8, 4) is 5.69 Å². The molecule has 0 atom stereocenters. The Morgan fingerprint density at radius 1 is 0.944 bits per heavy atom. The molecule has 18 heavy (non-hydrogen) atoms. The van der Waals surface area contributed by atoms with Crippen LogP contribution >= 0.6 is 0 Å². The van der Waals surface area contributed by atoms with Crippen molar-refractivity contribution in [3.05, 3.63) is 54.4 Å². The monoisotopic (exact) mass is 241 g/mol. The average Bonchev–Trinajstić information content (AvgIpc) is 2.95. The van der Waals surface area contributed by atoms with Crippen LogP contribution in [0.5, 0.6) is 0 Å². The van der Waals surface area contributed by atoms with Gasteiger partial charge >= 0.3 is 0 Å². The number of benzene rings is 1. The Morgan fingerprint density at radius 3 is 2.28 bits per heavy atom. The lowest BCUT2D eigenvalue weighted by Crippen LogP contribution is -2.42. The fraction of sp³-hybridized carbons (Fsp3) is 0.333. The van der Waals surface area contributed by atoms with Gasteiger partial charge in [0.2, 0.25) is 0 Å². The van der Waals surface area contributed by atoms with Crippen LogP contribution in [-0.2, 0) is 6.54 Å². The second-order valence-electron chi connectivity index (χ2n) is 4.78. The predicted octanol–water partition coefficient (Wildman–Crippen LogP) is 1.88. The van der Waals surface area contributed by atoms with Crippen LogP contribution in [0.15, 0.2) is 48.8 Å². The minimum absolute atomic E-state index is 1.06. The highest BCUT2D eigenvalue weighted by atomic mass is 15.2. The molecule has 0 bridgehead atoms. The zero-order valence-corrected chi connectivity index (χ0v) is 10.5. The van der Waals surface area contributed by atoms with E-state index in [2.05, 4.69) is 63.6 Å². The maximum absolute atomic E-state index is 3.38. The summed E-state index contributed by atoms with van der Waals surface area (Å²) in [7, 11) is 0. The molecule has 3 nitrogen and oxygen atoms in total. The molecular formula is C15H19N3. The molecular weight excluding hydrogens is 222 g/mol. The highest BCUT2D eigenvalue weighted by molar-refractivity contribution is 5.35. The fourth-order valence-electron chi connectivity index (χ4n) is 2.41. The van der Waals surface area contributed by atoms with Gasteiger partial charge in [0.1, 0.15) is 0 Å². The summed E-state index contributed by atoms with van der Waals surface area (Å²) < 4.78 is 2.13. The van der Waals surface area contributed by atoms with E-state index < -0.39 is 0 Å². The number of piperazine rings is 1. The van der Waals surface area contributed by atoms with Gasteiger partial charge < -0.3 is 9.88 Å². The molecule has 1 aromatic carbocycles. The molecule has 1 aliphatic heterocycles. The lowest BCUT2D eigenvalue weighted by atomic mass is 10.2. The van der Waals surface area contributed by atoms with Crippen LogP contribution in [0.4, 0.5) is 0 Å². The summed E-state index contributed by atoms with van der Waals surface area (Å²) in [6, 6.07) is 13.0. The maximum atomic E-state index is 3.38. The van der Waals surface area contributed by atoms with E-state index in [9.17, 15) is 0 Å². The van der Waals surface area contributed by atoms with Crippen LogP contribution in [-0.4, -0.2) is 35.6 Å². The topological polar surface area (TPSA) is 20.2 Å². The quantitative estimate of drug-likeness (QED) is 0.885. The molecule has 0 amide bonds. The third-order valence-electron chi connectivity index (χ3n) is 3.45. The van der Waals surface area contributed by atoms with Gasteiger partial charge in [0, 0.05) is 50.8 Å². The first-order valence-electron chi connectivity index (χ1n) is 6.57. The molecule has 2 aromatic rings. The average molecular weight is 241 g/mol. The summed E-state index contributed by atoms with van der Waals surface area (Å²) in [5.74, 6) is 0. The molecule has 1 saturated heterocycles. The SMILES string of the molecule is c1ccn(-c2ccc(CN3CCNCC3)cc2)c1. The van der Waals surface area contributed by atoms with Gasteiger partial charge in [-0.05, 0) is 29.8 Å². The van der Waals surface area contributed by atoms with E-state index >= 15 is 0 Å². The molecule has 0 aliphatic carbocycles. The van der Waals surface area contributed by atoms with Gasteiger partial charge in [-0.3, -0.25) is 4.90 Å². The molecule has 0 radical (unpaired) electrons. The largest absolute Gasteiger partial charge is 0.324 e. The number of rotatable bonds is 3. The third-order valence-corrected chi connectivity index (χ3v) is 3.45. The van der Waals surface area contributed by atoms with Crippen LogP contribution in [0.2, 0.25) is 0 Å². The Hall–Kier alpha value is -1.58. The predicted molar refractivity (Wildman–Crippen MR) is 73.9 cm³/mol. The molecule has 3 rings (SSSR count). The molecule has 0 spiro atoms. The summed E-state index contributed by atoms with van der Waals surface area (Å²) in [5.41, 5.74) is 2.62. The number of hydrogen-bond acceptors (Lipinski definition) is 2. The number of nitrogens with one attached hydrogen (secondary N) is 1. The lowest BCUT2D eigenvalue weighted by molar-refractivity contribution is 0.233. The Bertz CT molecular complexity index is 467. The van der Waals surface area contributed by atoms with Crippen molar-refractivity contribution in [3.63, 3.8) is 0 Å². The van der Waals surface area contributed by atoms with Gasteiger partial charge in [-0.2, -0.15) is 0 Å². The molecule has 94 valence electrons. The van der Waals surface area contributed by atoms with E-state index in [0.717, 1.165) is 32.7 Å². The Kier molecular flexibility index (Phi) is 3.44. The van der Waals surface area contributed by atoms with Gasteiger partial charge in [0.05, 0.1) is 0 Å². The lowest BCUT2D eigenvalue weighted by Gasteiger charge is -2.27. The summed E-state index contributed by atoms with van der Waals surface area (Å²) in [6.07, 6.45) is 4.15. The molecule has 1 fully saturated rings. The first-order valence-corrected chi connectivity index (χ1v) is 6.57. The third kappa shape index (κ3) is 2.63. The van der Waals surface area contributed by atoms with Crippen molar-refractivity contribution < 1.29 is 0 Å². The first-order chi connectivity index (χ1) is 8.92. The molecule has 2 heterocycles. The van der Waals surface area contributed by atoms with Crippen molar-refractivity contribution in [2.24, 2.45) is 0 Å². The van der Waals surface area contributed by atoms with Crippen molar-refractivity contribution in [1.29, 1.82) is 0 Å². The van der Waals surface area contributed by atoms with E-state index in [4.69, 9.17) is 0 Å². The minimum atomic E-state index is 1.06. The summed E-state index contributed by atoms with van der Waals surface area (Å²) in [4.78, 5) is 2.50.